The first-order chi connectivity index (χ1) is 8.29. The lowest BCUT2D eigenvalue weighted by Crippen LogP contribution is -2.07. The van der Waals surface area contributed by atoms with E-state index in [1.807, 2.05) is 31.2 Å². The molecule has 1 unspecified atom stereocenters. The van der Waals surface area contributed by atoms with E-state index in [1.54, 1.807) is 0 Å². The number of hydrogen-bond acceptors (Lipinski definition) is 1. The molecule has 0 aliphatic heterocycles. The largest absolute Gasteiger partial charge is 0.254 e. The minimum Gasteiger partial charge on any atom is -0.254 e. The molecule has 0 amide bonds. The van der Waals surface area contributed by atoms with E-state index in [0.29, 0.717) is 5.92 Å². The zero-order valence-electron chi connectivity index (χ0n) is 10.4. The molecule has 1 saturated carbocycles. The van der Waals surface area contributed by atoms with Gasteiger partial charge in [-0.05, 0) is 43.4 Å². The van der Waals surface area contributed by atoms with E-state index in [9.17, 15) is 4.21 Å². The van der Waals surface area contributed by atoms with E-state index in [0.717, 1.165) is 16.2 Å². The Morgan fingerprint density at radius 1 is 1.35 bits per heavy atom. The summed E-state index contributed by atoms with van der Waals surface area (Å²) in [6.07, 6.45) is 9.23. The van der Waals surface area contributed by atoms with Gasteiger partial charge in [-0.1, -0.05) is 37.1 Å². The summed E-state index contributed by atoms with van der Waals surface area (Å²) >= 11 is 0. The molecule has 1 atom stereocenters. The normalized spacial score (nSPS) is 18.9. The van der Waals surface area contributed by atoms with Crippen molar-refractivity contribution < 1.29 is 4.21 Å². The van der Waals surface area contributed by atoms with E-state index < -0.39 is 10.8 Å². The third kappa shape index (κ3) is 3.53. The topological polar surface area (TPSA) is 17.1 Å². The Kier molecular flexibility index (Phi) is 4.55. The van der Waals surface area contributed by atoms with Crippen molar-refractivity contribution in [1.82, 2.24) is 0 Å². The monoisotopic (exact) mass is 248 g/mol. The molecule has 0 spiro atoms. The Hall–Kier alpha value is -0.890. The Morgan fingerprint density at radius 3 is 2.82 bits per heavy atom. The highest BCUT2D eigenvalue weighted by Gasteiger charge is 2.18. The summed E-state index contributed by atoms with van der Waals surface area (Å²) in [6, 6.07) is 8.08. The fraction of sp³-hybridized carbons (Fsp3) is 0.467. The molecule has 0 heterocycles. The van der Waals surface area contributed by atoms with E-state index in [-0.39, 0.29) is 0 Å². The first kappa shape index (κ1) is 12.6. The smallest absolute Gasteiger partial charge is 0.0532 e. The highest BCUT2D eigenvalue weighted by atomic mass is 32.2. The number of allylic oxidation sites excluding steroid dienone is 1. The van der Waals surface area contributed by atoms with Crippen LogP contribution in [0.3, 0.4) is 0 Å². The molecular formula is C15H20OS. The van der Waals surface area contributed by atoms with Crippen molar-refractivity contribution in [2.75, 3.05) is 5.75 Å². The maximum absolute atomic E-state index is 12.2. The van der Waals surface area contributed by atoms with Crippen molar-refractivity contribution in [3.05, 3.63) is 35.9 Å². The maximum Gasteiger partial charge on any atom is 0.0532 e. The fourth-order valence-electron chi connectivity index (χ4n) is 2.44. The first-order valence-electron chi connectivity index (χ1n) is 6.40. The van der Waals surface area contributed by atoms with Gasteiger partial charge in [-0.25, -0.2) is 0 Å². The average molecular weight is 248 g/mol. The molecule has 92 valence electrons. The molecule has 2 heteroatoms. The second-order valence-corrected chi connectivity index (χ2v) is 6.23. The highest BCUT2D eigenvalue weighted by molar-refractivity contribution is 7.85. The van der Waals surface area contributed by atoms with Gasteiger partial charge in [-0.15, -0.1) is 0 Å². The van der Waals surface area contributed by atoms with Gasteiger partial charge in [0, 0.05) is 10.6 Å². The highest BCUT2D eigenvalue weighted by Crippen LogP contribution is 2.26. The van der Waals surface area contributed by atoms with Gasteiger partial charge in [0.05, 0.1) is 10.8 Å². The third-order valence-corrected chi connectivity index (χ3v) is 4.90. The zero-order chi connectivity index (χ0) is 12.1. The Balaban J connectivity index is 2.04. The molecule has 0 radical (unpaired) electrons. The summed E-state index contributed by atoms with van der Waals surface area (Å²) in [5.41, 5.74) is 1.14. The molecule has 17 heavy (non-hydrogen) atoms. The van der Waals surface area contributed by atoms with E-state index >= 15 is 0 Å². The molecule has 1 aliphatic carbocycles. The van der Waals surface area contributed by atoms with Crippen molar-refractivity contribution in [2.45, 2.75) is 37.5 Å². The van der Waals surface area contributed by atoms with Gasteiger partial charge in [0.2, 0.25) is 0 Å². The SMILES string of the molecule is C/C=C/c1cccc(S(=O)CC2CCCC2)c1. The zero-order valence-corrected chi connectivity index (χ0v) is 11.2. The second-order valence-electron chi connectivity index (χ2n) is 4.74. The van der Waals surface area contributed by atoms with Crippen molar-refractivity contribution in [3.8, 4) is 0 Å². The number of hydrogen-bond donors (Lipinski definition) is 0. The summed E-state index contributed by atoms with van der Waals surface area (Å²) in [5.74, 6) is 1.53. The average Bonchev–Trinajstić information content (AvgIpc) is 2.83. The summed E-state index contributed by atoms with van der Waals surface area (Å²) < 4.78 is 12.2. The van der Waals surface area contributed by atoms with Gasteiger partial charge in [0.15, 0.2) is 0 Å². The molecule has 1 nitrogen and oxygen atoms in total. The van der Waals surface area contributed by atoms with Crippen LogP contribution in [0, 0.1) is 5.92 Å². The van der Waals surface area contributed by atoms with Crippen LogP contribution in [-0.2, 0) is 10.8 Å². The number of rotatable bonds is 4. The van der Waals surface area contributed by atoms with Crippen molar-refractivity contribution in [2.24, 2.45) is 5.92 Å². The van der Waals surface area contributed by atoms with Crippen molar-refractivity contribution >= 4 is 16.9 Å². The van der Waals surface area contributed by atoms with Crippen LogP contribution in [0.25, 0.3) is 6.08 Å². The number of benzene rings is 1. The van der Waals surface area contributed by atoms with Crippen molar-refractivity contribution in [1.29, 1.82) is 0 Å². The molecule has 0 aromatic heterocycles. The third-order valence-electron chi connectivity index (χ3n) is 3.34. The molecule has 1 aromatic carbocycles. The van der Waals surface area contributed by atoms with Gasteiger partial charge in [-0.2, -0.15) is 0 Å². The summed E-state index contributed by atoms with van der Waals surface area (Å²) in [7, 11) is -0.821. The van der Waals surface area contributed by atoms with Gasteiger partial charge < -0.3 is 0 Å². The lowest BCUT2D eigenvalue weighted by atomic mass is 10.1. The summed E-state index contributed by atoms with van der Waals surface area (Å²) in [4.78, 5) is 0.979. The molecule has 0 bridgehead atoms. The van der Waals surface area contributed by atoms with Crippen LogP contribution in [-0.4, -0.2) is 9.96 Å². The van der Waals surface area contributed by atoms with Crippen LogP contribution < -0.4 is 0 Å². The fourth-order valence-corrected chi connectivity index (χ4v) is 3.89. The van der Waals surface area contributed by atoms with Crippen molar-refractivity contribution in [3.63, 3.8) is 0 Å². The van der Waals surface area contributed by atoms with Gasteiger partial charge in [0.25, 0.3) is 0 Å². The molecule has 0 saturated heterocycles. The van der Waals surface area contributed by atoms with Gasteiger partial charge >= 0.3 is 0 Å². The molecule has 0 N–H and O–H groups in total. The molecule has 1 aliphatic rings. The van der Waals surface area contributed by atoms with Gasteiger partial charge in [0.1, 0.15) is 0 Å². The minimum atomic E-state index is -0.821. The van der Waals surface area contributed by atoms with Crippen LogP contribution in [0.4, 0.5) is 0 Å². The Bertz CT molecular complexity index is 417. The van der Waals surface area contributed by atoms with Crippen LogP contribution in [0.5, 0.6) is 0 Å². The minimum absolute atomic E-state index is 0.682. The van der Waals surface area contributed by atoms with Crippen LogP contribution in [0.15, 0.2) is 35.2 Å². The van der Waals surface area contributed by atoms with Gasteiger partial charge in [-0.3, -0.25) is 4.21 Å². The lowest BCUT2D eigenvalue weighted by molar-refractivity contribution is 0.604. The van der Waals surface area contributed by atoms with Crippen LogP contribution in [0.2, 0.25) is 0 Å². The molecule has 1 aromatic rings. The van der Waals surface area contributed by atoms with E-state index in [1.165, 1.54) is 25.7 Å². The molecular weight excluding hydrogens is 228 g/mol. The van der Waals surface area contributed by atoms with Crippen LogP contribution in [0.1, 0.15) is 38.2 Å². The maximum atomic E-state index is 12.2. The predicted octanol–water partition coefficient (Wildman–Crippen LogP) is 4.02. The van der Waals surface area contributed by atoms with E-state index in [4.69, 9.17) is 0 Å². The molecule has 1 fully saturated rings. The lowest BCUT2D eigenvalue weighted by Gasteiger charge is -2.08. The van der Waals surface area contributed by atoms with E-state index in [2.05, 4.69) is 12.1 Å². The quantitative estimate of drug-likeness (QED) is 0.786. The molecule has 2 rings (SSSR count). The second kappa shape index (κ2) is 6.15. The summed E-state index contributed by atoms with van der Waals surface area (Å²) in [5, 5.41) is 0. The summed E-state index contributed by atoms with van der Waals surface area (Å²) in [6.45, 7) is 2.00. The predicted molar refractivity (Wildman–Crippen MR) is 74.4 cm³/mol. The Labute approximate surface area is 106 Å². The first-order valence-corrected chi connectivity index (χ1v) is 7.72. The van der Waals surface area contributed by atoms with Crippen LogP contribution >= 0.6 is 0 Å². The Morgan fingerprint density at radius 2 is 2.12 bits per heavy atom. The standard InChI is InChI=1S/C15H20OS/c1-2-6-13-9-5-10-15(11-13)17(16)12-14-7-3-4-8-14/h2,5-6,9-11,14H,3-4,7-8,12H2,1H3/b6-2+.